The fourth-order valence-electron chi connectivity index (χ4n) is 4.71. The summed E-state index contributed by atoms with van der Waals surface area (Å²) < 4.78 is 0. The predicted octanol–water partition coefficient (Wildman–Crippen LogP) is 2.72. The summed E-state index contributed by atoms with van der Waals surface area (Å²) in [6.07, 6.45) is 7.09. The molecule has 1 aromatic carbocycles. The average Bonchev–Trinajstić information content (AvgIpc) is 3.38. The molecular formula is C20H24N6. The highest BCUT2D eigenvalue weighted by molar-refractivity contribution is 5.85. The van der Waals surface area contributed by atoms with E-state index in [1.54, 1.807) is 6.33 Å². The molecule has 6 heteroatoms. The van der Waals surface area contributed by atoms with Crippen LogP contribution >= 0.6 is 0 Å². The number of rotatable bonds is 5. The van der Waals surface area contributed by atoms with Gasteiger partial charge in [-0.15, -0.1) is 0 Å². The van der Waals surface area contributed by atoms with Gasteiger partial charge < -0.3 is 10.2 Å². The second-order valence-corrected chi connectivity index (χ2v) is 7.60. The molecule has 6 nitrogen and oxygen atoms in total. The molecule has 26 heavy (non-hydrogen) atoms. The fraction of sp³-hybridized carbons (Fsp3) is 0.450. The summed E-state index contributed by atoms with van der Waals surface area (Å²) in [5.41, 5.74) is 2.23. The summed E-state index contributed by atoms with van der Waals surface area (Å²) in [4.78, 5) is 11.3. The zero-order valence-corrected chi connectivity index (χ0v) is 14.8. The summed E-state index contributed by atoms with van der Waals surface area (Å²) in [6, 6.07) is 11.3. The molecule has 134 valence electrons. The molecule has 1 aliphatic heterocycles. The Morgan fingerprint density at radius 3 is 2.96 bits per heavy atom. The van der Waals surface area contributed by atoms with Crippen LogP contribution in [0.5, 0.6) is 0 Å². The fourth-order valence-corrected chi connectivity index (χ4v) is 4.71. The van der Waals surface area contributed by atoms with E-state index < -0.39 is 0 Å². The van der Waals surface area contributed by atoms with E-state index >= 15 is 0 Å². The number of anilines is 1. The second kappa shape index (κ2) is 6.68. The molecule has 2 aromatic heterocycles. The second-order valence-electron chi connectivity index (χ2n) is 7.60. The predicted molar refractivity (Wildman–Crippen MR) is 102 cm³/mol. The van der Waals surface area contributed by atoms with Crippen LogP contribution in [0.25, 0.3) is 11.0 Å². The third-order valence-corrected chi connectivity index (χ3v) is 6.06. The van der Waals surface area contributed by atoms with Crippen molar-refractivity contribution < 1.29 is 0 Å². The summed E-state index contributed by atoms with van der Waals surface area (Å²) in [6.45, 7) is 3.58. The zero-order valence-electron chi connectivity index (χ0n) is 14.8. The van der Waals surface area contributed by atoms with E-state index in [0.717, 1.165) is 35.7 Å². The number of benzene rings is 1. The number of hydrogen-bond donors (Lipinski definition) is 2. The molecule has 0 radical (unpaired) electrons. The van der Waals surface area contributed by atoms with Crippen molar-refractivity contribution in [3.8, 4) is 0 Å². The minimum atomic E-state index is 0.495. The maximum atomic E-state index is 4.46. The Labute approximate surface area is 153 Å². The van der Waals surface area contributed by atoms with E-state index in [4.69, 9.17) is 0 Å². The molecule has 0 amide bonds. The lowest BCUT2D eigenvalue weighted by molar-refractivity contribution is 0.312. The highest BCUT2D eigenvalue weighted by atomic mass is 15.2. The van der Waals surface area contributed by atoms with Crippen molar-refractivity contribution in [2.45, 2.75) is 25.3 Å². The van der Waals surface area contributed by atoms with E-state index in [1.807, 2.05) is 6.20 Å². The van der Waals surface area contributed by atoms with Crippen LogP contribution in [-0.4, -0.2) is 50.7 Å². The summed E-state index contributed by atoms with van der Waals surface area (Å²) in [5, 5.41) is 11.7. The van der Waals surface area contributed by atoms with Gasteiger partial charge >= 0.3 is 0 Å². The van der Waals surface area contributed by atoms with E-state index in [2.05, 4.69) is 60.7 Å². The van der Waals surface area contributed by atoms with Crippen LogP contribution < -0.4 is 5.32 Å². The highest BCUT2D eigenvalue weighted by Crippen LogP contribution is 2.39. The molecule has 3 heterocycles. The third-order valence-electron chi connectivity index (χ3n) is 6.06. The van der Waals surface area contributed by atoms with Gasteiger partial charge in [0.15, 0.2) is 5.65 Å². The molecule has 0 unspecified atom stereocenters. The SMILES string of the molecule is c1ccc(CCN2C[C@H]3CC[C@H](Nc4ncnc5[nH]ncc45)[C@@H]3C2)cc1. The first kappa shape index (κ1) is 15.8. The Balaban J connectivity index is 1.23. The molecule has 2 N–H and O–H groups in total. The average molecular weight is 348 g/mol. The maximum absolute atomic E-state index is 4.46. The maximum Gasteiger partial charge on any atom is 0.160 e. The molecule has 1 saturated carbocycles. The Hall–Kier alpha value is -2.47. The Morgan fingerprint density at radius 2 is 2.04 bits per heavy atom. The Kier molecular flexibility index (Phi) is 4.05. The smallest absolute Gasteiger partial charge is 0.160 e. The normalized spacial score (nSPS) is 25.6. The minimum Gasteiger partial charge on any atom is -0.366 e. The number of likely N-dealkylation sites (tertiary alicyclic amines) is 1. The van der Waals surface area contributed by atoms with Crippen molar-refractivity contribution in [1.82, 2.24) is 25.1 Å². The van der Waals surface area contributed by atoms with Crippen molar-refractivity contribution in [1.29, 1.82) is 0 Å². The van der Waals surface area contributed by atoms with E-state index in [9.17, 15) is 0 Å². The van der Waals surface area contributed by atoms with E-state index in [-0.39, 0.29) is 0 Å². The van der Waals surface area contributed by atoms with Crippen LogP contribution in [0.15, 0.2) is 42.9 Å². The summed E-state index contributed by atoms with van der Waals surface area (Å²) in [7, 11) is 0. The quantitative estimate of drug-likeness (QED) is 0.742. The standard InChI is InChI=1S/C20H24N6/c1-2-4-14(5-3-1)8-9-26-11-15-6-7-18(17(15)12-26)24-19-16-10-23-25-20(16)22-13-21-19/h1-5,10,13,15,17-18H,6-9,11-12H2,(H2,21,22,23,24,25)/t15-,17-,18+/m1/s1. The molecular weight excluding hydrogens is 324 g/mol. The number of nitrogens with one attached hydrogen (secondary N) is 2. The third kappa shape index (κ3) is 2.94. The van der Waals surface area contributed by atoms with Gasteiger partial charge in [0, 0.05) is 25.7 Å². The number of fused-ring (bicyclic) bond motifs is 2. The Morgan fingerprint density at radius 1 is 1.12 bits per heavy atom. The number of aromatic nitrogens is 4. The first-order valence-corrected chi connectivity index (χ1v) is 9.54. The van der Waals surface area contributed by atoms with Crippen molar-refractivity contribution in [2.24, 2.45) is 11.8 Å². The molecule has 1 aliphatic carbocycles. The van der Waals surface area contributed by atoms with Gasteiger partial charge in [0.25, 0.3) is 0 Å². The molecule has 3 aromatic rings. The van der Waals surface area contributed by atoms with Gasteiger partial charge in [0.2, 0.25) is 0 Å². The highest BCUT2D eigenvalue weighted by Gasteiger charge is 2.42. The molecule has 5 rings (SSSR count). The van der Waals surface area contributed by atoms with Crippen LogP contribution in [0.2, 0.25) is 0 Å². The van der Waals surface area contributed by atoms with Gasteiger partial charge in [-0.2, -0.15) is 5.10 Å². The summed E-state index contributed by atoms with van der Waals surface area (Å²) >= 11 is 0. The zero-order chi connectivity index (χ0) is 17.3. The number of hydrogen-bond acceptors (Lipinski definition) is 5. The van der Waals surface area contributed by atoms with Crippen molar-refractivity contribution >= 4 is 16.9 Å². The molecule has 3 atom stereocenters. The monoisotopic (exact) mass is 348 g/mol. The lowest BCUT2D eigenvalue weighted by Crippen LogP contribution is -2.31. The molecule has 1 saturated heterocycles. The van der Waals surface area contributed by atoms with E-state index in [0.29, 0.717) is 12.0 Å². The number of aromatic amines is 1. The van der Waals surface area contributed by atoms with Gasteiger partial charge in [-0.1, -0.05) is 30.3 Å². The lowest BCUT2D eigenvalue weighted by atomic mass is 9.98. The molecule has 2 fully saturated rings. The number of H-pyrrole nitrogens is 1. The van der Waals surface area contributed by atoms with Gasteiger partial charge in [0.1, 0.15) is 12.1 Å². The first-order chi connectivity index (χ1) is 12.9. The largest absolute Gasteiger partial charge is 0.366 e. The van der Waals surface area contributed by atoms with E-state index in [1.165, 1.54) is 31.5 Å². The van der Waals surface area contributed by atoms with Crippen molar-refractivity contribution in [3.63, 3.8) is 0 Å². The minimum absolute atomic E-state index is 0.495. The molecule has 0 bridgehead atoms. The van der Waals surface area contributed by atoms with Gasteiger partial charge in [-0.05, 0) is 36.7 Å². The molecule has 2 aliphatic rings. The topological polar surface area (TPSA) is 69.7 Å². The number of nitrogens with zero attached hydrogens (tertiary/aromatic N) is 4. The van der Waals surface area contributed by atoms with Crippen LogP contribution in [0.4, 0.5) is 5.82 Å². The van der Waals surface area contributed by atoms with Gasteiger partial charge in [0.05, 0.1) is 11.6 Å². The van der Waals surface area contributed by atoms with Crippen LogP contribution in [0.1, 0.15) is 18.4 Å². The summed E-state index contributed by atoms with van der Waals surface area (Å²) in [5.74, 6) is 2.43. The van der Waals surface area contributed by atoms with Crippen molar-refractivity contribution in [3.05, 3.63) is 48.4 Å². The Bertz CT molecular complexity index is 876. The van der Waals surface area contributed by atoms with Crippen molar-refractivity contribution in [2.75, 3.05) is 25.0 Å². The van der Waals surface area contributed by atoms with Gasteiger partial charge in [-0.3, -0.25) is 5.10 Å². The van der Waals surface area contributed by atoms with Gasteiger partial charge in [-0.25, -0.2) is 9.97 Å². The van der Waals surface area contributed by atoms with Crippen LogP contribution in [0.3, 0.4) is 0 Å². The first-order valence-electron chi connectivity index (χ1n) is 9.54. The van der Waals surface area contributed by atoms with Crippen LogP contribution in [0, 0.1) is 11.8 Å². The molecule has 0 spiro atoms. The lowest BCUT2D eigenvalue weighted by Gasteiger charge is -2.22. The van der Waals surface area contributed by atoms with Crippen LogP contribution in [-0.2, 0) is 6.42 Å².